The molecule has 2 atom stereocenters. The Balaban J connectivity index is 1.92. The minimum absolute atomic E-state index is 0.157. The largest absolute Gasteiger partial charge is 0.339 e. The lowest BCUT2D eigenvalue weighted by atomic mass is 9.85. The van der Waals surface area contributed by atoms with Gasteiger partial charge in [-0.3, -0.25) is 0 Å². The number of aromatic nitrogens is 2. The Morgan fingerprint density at radius 1 is 1.53 bits per heavy atom. The van der Waals surface area contributed by atoms with Crippen LogP contribution in [0.5, 0.6) is 0 Å². The number of nitrogens with one attached hydrogen (secondary N) is 1. The van der Waals surface area contributed by atoms with Crippen LogP contribution in [0.2, 0.25) is 0 Å². The molecule has 1 aromatic rings. The van der Waals surface area contributed by atoms with Gasteiger partial charge in [0.1, 0.15) is 5.75 Å². The molecule has 0 aliphatic carbocycles. The van der Waals surface area contributed by atoms with Crippen molar-refractivity contribution in [2.45, 2.75) is 31.9 Å². The molecule has 1 N–H and O–H groups in total. The van der Waals surface area contributed by atoms with Gasteiger partial charge in [-0.1, -0.05) is 12.1 Å². The molecule has 2 unspecified atom stereocenters. The maximum Gasteiger partial charge on any atom is 0.226 e. The Bertz CT molecular complexity index is 506. The molecule has 1 aromatic heterocycles. The zero-order valence-electron chi connectivity index (χ0n) is 11.4. The van der Waals surface area contributed by atoms with Gasteiger partial charge in [-0.25, -0.2) is 8.42 Å². The van der Waals surface area contributed by atoms with Gasteiger partial charge in [0.15, 0.2) is 15.7 Å². The van der Waals surface area contributed by atoms with Gasteiger partial charge in [0, 0.05) is 12.7 Å². The summed E-state index contributed by atoms with van der Waals surface area (Å²) in [6, 6.07) is 0. The topological polar surface area (TPSA) is 85.1 Å². The van der Waals surface area contributed by atoms with Crippen molar-refractivity contribution < 1.29 is 12.9 Å². The predicted octanol–water partition coefficient (Wildman–Crippen LogP) is 0.792. The van der Waals surface area contributed by atoms with Crippen LogP contribution in [0.3, 0.4) is 0 Å². The maximum absolute atomic E-state index is 11.1. The van der Waals surface area contributed by atoms with Gasteiger partial charge in [0.25, 0.3) is 0 Å². The number of hydrogen-bond donors (Lipinski definition) is 1. The number of hydrogen-bond acceptors (Lipinski definition) is 6. The molecule has 0 spiro atoms. The number of sulfone groups is 1. The normalized spacial score (nSPS) is 22.3. The first kappa shape index (κ1) is 14.5. The fourth-order valence-electron chi connectivity index (χ4n) is 2.47. The highest BCUT2D eigenvalue weighted by Crippen LogP contribution is 2.22. The van der Waals surface area contributed by atoms with Crippen LogP contribution in [0, 0.1) is 11.8 Å². The van der Waals surface area contributed by atoms with E-state index in [1.807, 2.05) is 0 Å². The Morgan fingerprint density at radius 2 is 2.32 bits per heavy atom. The van der Waals surface area contributed by atoms with Crippen LogP contribution in [0.15, 0.2) is 4.52 Å². The molecule has 6 nitrogen and oxygen atoms in total. The molecule has 0 bridgehead atoms. The second-order valence-corrected chi connectivity index (χ2v) is 7.60. The fourth-order valence-corrected chi connectivity index (χ4v) is 3.06. The van der Waals surface area contributed by atoms with Crippen LogP contribution in [-0.2, 0) is 22.0 Å². The standard InChI is InChI=1S/C12H21N3O3S/c1-9(10-4-3-5-13-7-10)6-12-14-11(15-18-12)8-19(2,16)17/h9-10,13H,3-8H2,1-2H3. The van der Waals surface area contributed by atoms with Crippen molar-refractivity contribution in [1.29, 1.82) is 0 Å². The van der Waals surface area contributed by atoms with Gasteiger partial charge in [0.2, 0.25) is 5.89 Å². The molecule has 1 aliphatic rings. The van der Waals surface area contributed by atoms with Gasteiger partial charge in [0.05, 0.1) is 0 Å². The molecule has 7 heteroatoms. The van der Waals surface area contributed by atoms with Crippen LogP contribution < -0.4 is 5.32 Å². The summed E-state index contributed by atoms with van der Waals surface area (Å²) in [6.45, 7) is 4.31. The first-order valence-corrected chi connectivity index (χ1v) is 8.70. The van der Waals surface area contributed by atoms with Crippen molar-refractivity contribution in [1.82, 2.24) is 15.5 Å². The first-order valence-electron chi connectivity index (χ1n) is 6.64. The smallest absolute Gasteiger partial charge is 0.226 e. The molecule has 108 valence electrons. The van der Waals surface area contributed by atoms with E-state index in [2.05, 4.69) is 22.4 Å². The molecule has 0 saturated carbocycles. The van der Waals surface area contributed by atoms with Crippen molar-refractivity contribution in [3.63, 3.8) is 0 Å². The first-order chi connectivity index (χ1) is 8.94. The Labute approximate surface area is 113 Å². The summed E-state index contributed by atoms with van der Waals surface area (Å²) < 4.78 is 27.4. The molecular weight excluding hydrogens is 266 g/mol. The lowest BCUT2D eigenvalue weighted by Gasteiger charge is -2.27. The van der Waals surface area contributed by atoms with Crippen LogP contribution in [-0.4, -0.2) is 37.9 Å². The van der Waals surface area contributed by atoms with Crippen molar-refractivity contribution in [3.05, 3.63) is 11.7 Å². The molecule has 2 rings (SSSR count). The highest BCUT2D eigenvalue weighted by Gasteiger charge is 2.22. The average molecular weight is 287 g/mol. The number of piperidine rings is 1. The summed E-state index contributed by atoms with van der Waals surface area (Å²) in [7, 11) is -3.11. The van der Waals surface area contributed by atoms with E-state index >= 15 is 0 Å². The van der Waals surface area contributed by atoms with E-state index < -0.39 is 9.84 Å². The monoisotopic (exact) mass is 287 g/mol. The molecule has 0 radical (unpaired) electrons. The molecule has 1 fully saturated rings. The Kier molecular flexibility index (Phi) is 4.57. The van der Waals surface area contributed by atoms with Crippen LogP contribution >= 0.6 is 0 Å². The van der Waals surface area contributed by atoms with Gasteiger partial charge < -0.3 is 9.84 Å². The van der Waals surface area contributed by atoms with E-state index in [-0.39, 0.29) is 11.6 Å². The van der Waals surface area contributed by atoms with Gasteiger partial charge in [-0.15, -0.1) is 0 Å². The molecule has 2 heterocycles. The second kappa shape index (κ2) is 6.00. The van der Waals surface area contributed by atoms with E-state index in [0.717, 1.165) is 13.1 Å². The quantitative estimate of drug-likeness (QED) is 0.862. The average Bonchev–Trinajstić information content (AvgIpc) is 2.75. The highest BCUT2D eigenvalue weighted by molar-refractivity contribution is 7.89. The molecule has 1 saturated heterocycles. The molecule has 19 heavy (non-hydrogen) atoms. The third-order valence-electron chi connectivity index (χ3n) is 3.54. The van der Waals surface area contributed by atoms with E-state index in [1.54, 1.807) is 0 Å². The third kappa shape index (κ3) is 4.58. The van der Waals surface area contributed by atoms with E-state index in [0.29, 0.717) is 24.1 Å². The van der Waals surface area contributed by atoms with Crippen molar-refractivity contribution in [2.75, 3.05) is 19.3 Å². The second-order valence-electron chi connectivity index (χ2n) is 5.46. The van der Waals surface area contributed by atoms with Gasteiger partial charge >= 0.3 is 0 Å². The van der Waals surface area contributed by atoms with E-state index in [4.69, 9.17) is 4.52 Å². The Morgan fingerprint density at radius 3 is 2.95 bits per heavy atom. The van der Waals surface area contributed by atoms with Crippen molar-refractivity contribution >= 4 is 9.84 Å². The third-order valence-corrected chi connectivity index (χ3v) is 4.32. The SMILES string of the molecule is CC(Cc1nc(CS(C)(=O)=O)no1)C1CCCNC1. The van der Waals surface area contributed by atoms with Crippen LogP contribution in [0.1, 0.15) is 31.5 Å². The molecule has 0 aromatic carbocycles. The van der Waals surface area contributed by atoms with Gasteiger partial charge in [-0.2, -0.15) is 4.98 Å². The van der Waals surface area contributed by atoms with Crippen molar-refractivity contribution in [2.24, 2.45) is 11.8 Å². The summed E-state index contributed by atoms with van der Waals surface area (Å²) >= 11 is 0. The molecule has 0 amide bonds. The maximum atomic E-state index is 11.1. The Hall–Kier alpha value is -0.950. The molecular formula is C12H21N3O3S. The minimum atomic E-state index is -3.11. The fraction of sp³-hybridized carbons (Fsp3) is 0.833. The van der Waals surface area contributed by atoms with E-state index in [9.17, 15) is 8.42 Å². The molecule has 1 aliphatic heterocycles. The summed E-state index contributed by atoms with van der Waals surface area (Å²) in [5.74, 6) is 1.72. The minimum Gasteiger partial charge on any atom is -0.339 e. The summed E-state index contributed by atoms with van der Waals surface area (Å²) in [6.07, 6.45) is 4.30. The van der Waals surface area contributed by atoms with Gasteiger partial charge in [-0.05, 0) is 37.8 Å². The summed E-state index contributed by atoms with van der Waals surface area (Å²) in [4.78, 5) is 4.15. The van der Waals surface area contributed by atoms with Crippen molar-refractivity contribution in [3.8, 4) is 0 Å². The number of rotatable bonds is 5. The van der Waals surface area contributed by atoms with Crippen LogP contribution in [0.25, 0.3) is 0 Å². The highest BCUT2D eigenvalue weighted by atomic mass is 32.2. The van der Waals surface area contributed by atoms with E-state index in [1.165, 1.54) is 19.1 Å². The zero-order chi connectivity index (χ0) is 13.9. The predicted molar refractivity (Wildman–Crippen MR) is 71.3 cm³/mol. The summed E-state index contributed by atoms with van der Waals surface area (Å²) in [5, 5.41) is 7.11. The lowest BCUT2D eigenvalue weighted by molar-refractivity contribution is 0.256. The number of nitrogens with zero attached hydrogens (tertiary/aromatic N) is 2. The van der Waals surface area contributed by atoms with Crippen LogP contribution in [0.4, 0.5) is 0 Å². The lowest BCUT2D eigenvalue weighted by Crippen LogP contribution is -2.33. The summed E-state index contributed by atoms with van der Waals surface area (Å²) in [5.41, 5.74) is 0. The zero-order valence-corrected chi connectivity index (χ0v) is 12.2.